The fraction of sp³-hybridized carbons (Fsp3) is 0.211. The third-order valence-electron chi connectivity index (χ3n) is 4.18. The number of aromatic nitrogens is 2. The number of anilines is 1. The van der Waals surface area contributed by atoms with Gasteiger partial charge in [-0.1, -0.05) is 18.2 Å². The molecule has 0 saturated carbocycles. The smallest absolute Gasteiger partial charge is 0.331 e. The maximum absolute atomic E-state index is 12.5. The fourth-order valence-corrected chi connectivity index (χ4v) is 2.85. The molecule has 0 unspecified atom stereocenters. The highest BCUT2D eigenvalue weighted by Crippen LogP contribution is 2.25. The van der Waals surface area contributed by atoms with E-state index in [9.17, 15) is 14.4 Å². The number of hydrogen-bond donors (Lipinski definition) is 1. The molecule has 0 aliphatic rings. The second kappa shape index (κ2) is 6.87. The van der Waals surface area contributed by atoms with Crippen LogP contribution in [0.3, 0.4) is 0 Å². The number of benzene rings is 2. The van der Waals surface area contributed by atoms with Gasteiger partial charge in [-0.3, -0.25) is 18.7 Å². The van der Waals surface area contributed by atoms with Crippen LogP contribution >= 0.6 is 0 Å². The molecule has 1 aromatic heterocycles. The Balaban J connectivity index is 2.00. The van der Waals surface area contributed by atoms with Gasteiger partial charge in [-0.2, -0.15) is 0 Å². The molecular weight excluding hydrogens is 334 g/mol. The third kappa shape index (κ3) is 3.11. The summed E-state index contributed by atoms with van der Waals surface area (Å²) in [6.07, 6.45) is 0. The molecule has 2 aromatic carbocycles. The summed E-state index contributed by atoms with van der Waals surface area (Å²) < 4.78 is 7.54. The van der Waals surface area contributed by atoms with Crippen LogP contribution in [-0.4, -0.2) is 22.2 Å². The Bertz CT molecular complexity index is 1110. The van der Waals surface area contributed by atoms with E-state index in [0.717, 1.165) is 10.1 Å². The molecule has 7 nitrogen and oxygen atoms in total. The van der Waals surface area contributed by atoms with Crippen molar-refractivity contribution in [2.24, 2.45) is 7.05 Å². The van der Waals surface area contributed by atoms with Crippen molar-refractivity contribution in [3.05, 3.63) is 68.9 Å². The average Bonchev–Trinajstić information content (AvgIpc) is 2.63. The number of amides is 1. The number of carbonyl (C=O) groups excluding carboxylic acids is 1. The van der Waals surface area contributed by atoms with E-state index in [1.54, 1.807) is 36.4 Å². The van der Waals surface area contributed by atoms with Gasteiger partial charge < -0.3 is 10.1 Å². The number of rotatable bonds is 4. The zero-order valence-corrected chi connectivity index (χ0v) is 14.8. The first-order chi connectivity index (χ1) is 12.4. The number of methoxy groups -OCH3 is 1. The quantitative estimate of drug-likeness (QED) is 0.773. The molecule has 0 fully saturated rings. The van der Waals surface area contributed by atoms with E-state index in [4.69, 9.17) is 4.74 Å². The van der Waals surface area contributed by atoms with Crippen LogP contribution in [0.2, 0.25) is 0 Å². The van der Waals surface area contributed by atoms with Crippen LogP contribution in [0.5, 0.6) is 5.75 Å². The zero-order chi connectivity index (χ0) is 18.8. The van der Waals surface area contributed by atoms with Gasteiger partial charge in [-0.05, 0) is 36.8 Å². The largest absolute Gasteiger partial charge is 0.495 e. The summed E-state index contributed by atoms with van der Waals surface area (Å²) in [5, 5.41) is 3.15. The van der Waals surface area contributed by atoms with Gasteiger partial charge in [0.25, 0.3) is 5.56 Å². The number of ether oxygens (including phenoxy) is 1. The van der Waals surface area contributed by atoms with E-state index in [-0.39, 0.29) is 18.0 Å². The standard InChI is InChI=1S/C19H19N3O4/c1-12-8-9-16(26-3)14(10-12)20-17(23)11-22-15-7-5-4-6-13(15)18(24)21(2)19(22)25/h4-10H,11H2,1-3H3,(H,20,23). The summed E-state index contributed by atoms with van der Waals surface area (Å²) in [5.74, 6) is 0.140. The van der Waals surface area contributed by atoms with Crippen molar-refractivity contribution in [3.8, 4) is 5.75 Å². The first kappa shape index (κ1) is 17.5. The summed E-state index contributed by atoms with van der Waals surface area (Å²) in [4.78, 5) is 37.3. The summed E-state index contributed by atoms with van der Waals surface area (Å²) in [6.45, 7) is 1.69. The molecular formula is C19H19N3O4. The van der Waals surface area contributed by atoms with Gasteiger partial charge in [0.1, 0.15) is 12.3 Å². The lowest BCUT2D eigenvalue weighted by molar-refractivity contribution is -0.116. The van der Waals surface area contributed by atoms with E-state index in [1.807, 2.05) is 13.0 Å². The van der Waals surface area contributed by atoms with Crippen molar-refractivity contribution in [2.75, 3.05) is 12.4 Å². The Morgan fingerprint density at radius 1 is 1.15 bits per heavy atom. The van der Waals surface area contributed by atoms with Gasteiger partial charge in [-0.25, -0.2) is 4.79 Å². The lowest BCUT2D eigenvalue weighted by Gasteiger charge is -2.14. The van der Waals surface area contributed by atoms with Crippen LogP contribution in [0.15, 0.2) is 52.1 Å². The molecule has 26 heavy (non-hydrogen) atoms. The van der Waals surface area contributed by atoms with Crippen LogP contribution < -0.4 is 21.3 Å². The lowest BCUT2D eigenvalue weighted by atomic mass is 10.2. The predicted molar refractivity (Wildman–Crippen MR) is 99.8 cm³/mol. The maximum Gasteiger partial charge on any atom is 0.331 e. The molecule has 0 atom stereocenters. The Morgan fingerprint density at radius 2 is 1.88 bits per heavy atom. The molecule has 0 aliphatic carbocycles. The minimum Gasteiger partial charge on any atom is -0.495 e. The Labute approximate surface area is 149 Å². The van der Waals surface area contributed by atoms with Crippen LogP contribution in [0, 0.1) is 6.92 Å². The Morgan fingerprint density at radius 3 is 2.62 bits per heavy atom. The maximum atomic E-state index is 12.5. The normalized spacial score (nSPS) is 10.7. The van der Waals surface area contributed by atoms with E-state index >= 15 is 0 Å². The number of aryl methyl sites for hydroxylation is 1. The molecule has 1 heterocycles. The van der Waals surface area contributed by atoms with Crippen molar-refractivity contribution < 1.29 is 9.53 Å². The number of carbonyl (C=O) groups is 1. The molecule has 134 valence electrons. The first-order valence-corrected chi connectivity index (χ1v) is 8.05. The molecule has 0 aliphatic heterocycles. The molecule has 0 radical (unpaired) electrons. The average molecular weight is 353 g/mol. The molecule has 3 aromatic rings. The zero-order valence-electron chi connectivity index (χ0n) is 14.8. The molecule has 0 bridgehead atoms. The molecule has 3 rings (SSSR count). The molecule has 7 heteroatoms. The van der Waals surface area contributed by atoms with E-state index < -0.39 is 5.69 Å². The highest BCUT2D eigenvalue weighted by molar-refractivity contribution is 5.93. The number of hydrogen-bond acceptors (Lipinski definition) is 4. The highest BCUT2D eigenvalue weighted by Gasteiger charge is 2.14. The van der Waals surface area contributed by atoms with Crippen molar-refractivity contribution in [1.82, 2.24) is 9.13 Å². The second-order valence-corrected chi connectivity index (χ2v) is 6.00. The van der Waals surface area contributed by atoms with Crippen molar-refractivity contribution in [2.45, 2.75) is 13.5 Å². The summed E-state index contributed by atoms with van der Waals surface area (Å²) in [6, 6.07) is 12.2. The Kier molecular flexibility index (Phi) is 4.62. The van der Waals surface area contributed by atoms with Gasteiger partial charge in [0, 0.05) is 7.05 Å². The summed E-state index contributed by atoms with van der Waals surface area (Å²) in [7, 11) is 2.92. The highest BCUT2D eigenvalue weighted by atomic mass is 16.5. The topological polar surface area (TPSA) is 82.3 Å². The number of nitrogens with zero attached hydrogens (tertiary/aromatic N) is 2. The number of nitrogens with one attached hydrogen (secondary N) is 1. The molecule has 0 spiro atoms. The third-order valence-corrected chi connectivity index (χ3v) is 4.18. The van der Waals surface area contributed by atoms with Gasteiger partial charge in [0.05, 0.1) is 23.7 Å². The predicted octanol–water partition coefficient (Wildman–Crippen LogP) is 1.66. The summed E-state index contributed by atoms with van der Waals surface area (Å²) >= 11 is 0. The molecule has 1 N–H and O–H groups in total. The monoisotopic (exact) mass is 353 g/mol. The van der Waals surface area contributed by atoms with Crippen LogP contribution in [0.4, 0.5) is 5.69 Å². The van der Waals surface area contributed by atoms with E-state index in [2.05, 4.69) is 5.32 Å². The van der Waals surface area contributed by atoms with Crippen molar-refractivity contribution >= 4 is 22.5 Å². The first-order valence-electron chi connectivity index (χ1n) is 8.05. The van der Waals surface area contributed by atoms with E-state index in [0.29, 0.717) is 22.3 Å². The fourth-order valence-electron chi connectivity index (χ4n) is 2.85. The van der Waals surface area contributed by atoms with Gasteiger partial charge >= 0.3 is 5.69 Å². The van der Waals surface area contributed by atoms with Crippen LogP contribution in [0.1, 0.15) is 5.56 Å². The number of para-hydroxylation sites is 1. The van der Waals surface area contributed by atoms with Crippen molar-refractivity contribution in [3.63, 3.8) is 0 Å². The van der Waals surface area contributed by atoms with Gasteiger partial charge in [0.2, 0.25) is 5.91 Å². The van der Waals surface area contributed by atoms with Crippen LogP contribution in [-0.2, 0) is 18.4 Å². The second-order valence-electron chi connectivity index (χ2n) is 6.00. The van der Waals surface area contributed by atoms with Gasteiger partial charge in [-0.15, -0.1) is 0 Å². The minimum absolute atomic E-state index is 0.218. The van der Waals surface area contributed by atoms with E-state index in [1.165, 1.54) is 18.7 Å². The molecule has 1 amide bonds. The lowest BCUT2D eigenvalue weighted by Crippen LogP contribution is -2.40. The van der Waals surface area contributed by atoms with Crippen molar-refractivity contribution in [1.29, 1.82) is 0 Å². The Hall–Kier alpha value is -3.35. The SMILES string of the molecule is COc1ccc(C)cc1NC(=O)Cn1c(=O)n(C)c(=O)c2ccccc21. The molecule has 0 saturated heterocycles. The van der Waals surface area contributed by atoms with Gasteiger partial charge in [0.15, 0.2) is 0 Å². The van der Waals surface area contributed by atoms with Crippen LogP contribution in [0.25, 0.3) is 10.9 Å². The summed E-state index contributed by atoms with van der Waals surface area (Å²) in [5.41, 5.74) is 0.986. The minimum atomic E-state index is -0.542. The number of fused-ring (bicyclic) bond motifs is 1.